The Kier molecular flexibility index (Phi) is 3.25. The first-order valence-electron chi connectivity index (χ1n) is 6.96. The summed E-state index contributed by atoms with van der Waals surface area (Å²) >= 11 is 6.39. The smallest absolute Gasteiger partial charge is 0.139 e. The van der Waals surface area contributed by atoms with E-state index in [9.17, 15) is 5.11 Å². The van der Waals surface area contributed by atoms with Gasteiger partial charge >= 0.3 is 0 Å². The molecule has 1 aromatic carbocycles. The Bertz CT molecular complexity index is 478. The average Bonchev–Trinajstić information content (AvgIpc) is 2.90. The van der Waals surface area contributed by atoms with Gasteiger partial charge in [-0.25, -0.2) is 0 Å². The Morgan fingerprint density at radius 1 is 1.17 bits per heavy atom. The van der Waals surface area contributed by atoms with E-state index in [1.54, 1.807) is 0 Å². The molecule has 1 aromatic rings. The lowest BCUT2D eigenvalue weighted by atomic mass is 9.84. The van der Waals surface area contributed by atoms with Crippen LogP contribution in [0.15, 0.2) is 0 Å². The number of aromatic hydroxyl groups is 1. The number of phenolic OH excluding ortho intramolecular Hbond substituents is 1. The summed E-state index contributed by atoms with van der Waals surface area (Å²) in [6.07, 6.45) is 6.84. The SMILES string of the molecule is Cc1c2c(c(Cl)c(O)c1C1CCCN1)CCCC2. The molecule has 0 saturated carbocycles. The molecule has 0 radical (unpaired) electrons. The van der Waals surface area contributed by atoms with Gasteiger partial charge in [-0.2, -0.15) is 0 Å². The molecule has 1 heterocycles. The van der Waals surface area contributed by atoms with Gasteiger partial charge in [0, 0.05) is 11.6 Å². The zero-order valence-electron chi connectivity index (χ0n) is 10.9. The van der Waals surface area contributed by atoms with Gasteiger partial charge in [0.15, 0.2) is 0 Å². The second-order valence-electron chi connectivity index (χ2n) is 5.51. The molecule has 0 spiro atoms. The van der Waals surface area contributed by atoms with Gasteiger partial charge in [-0.15, -0.1) is 0 Å². The standard InChI is InChI=1S/C15H20ClNO/c1-9-10-5-2-3-6-11(10)14(16)15(18)13(9)12-7-4-8-17-12/h12,17-18H,2-8H2,1H3. The van der Waals surface area contributed by atoms with Crippen molar-refractivity contribution in [1.29, 1.82) is 0 Å². The minimum absolute atomic E-state index is 0.287. The first-order chi connectivity index (χ1) is 8.70. The highest BCUT2D eigenvalue weighted by molar-refractivity contribution is 6.33. The van der Waals surface area contributed by atoms with Crippen molar-refractivity contribution in [3.05, 3.63) is 27.3 Å². The monoisotopic (exact) mass is 265 g/mol. The largest absolute Gasteiger partial charge is 0.506 e. The van der Waals surface area contributed by atoms with Crippen LogP contribution in [-0.4, -0.2) is 11.7 Å². The normalized spacial score (nSPS) is 23.1. The molecule has 1 atom stereocenters. The molecule has 98 valence electrons. The van der Waals surface area contributed by atoms with Gasteiger partial charge in [0.2, 0.25) is 0 Å². The number of hydrogen-bond acceptors (Lipinski definition) is 2. The lowest BCUT2D eigenvalue weighted by molar-refractivity contribution is 0.453. The van der Waals surface area contributed by atoms with Crippen LogP contribution in [0.5, 0.6) is 5.75 Å². The molecule has 3 rings (SSSR count). The average molecular weight is 266 g/mol. The number of rotatable bonds is 1. The van der Waals surface area contributed by atoms with Crippen LogP contribution in [0.3, 0.4) is 0 Å². The summed E-state index contributed by atoms with van der Waals surface area (Å²) in [6, 6.07) is 0.287. The molecule has 18 heavy (non-hydrogen) atoms. The molecule has 2 nitrogen and oxygen atoms in total. The van der Waals surface area contributed by atoms with Gasteiger partial charge in [-0.1, -0.05) is 11.6 Å². The fraction of sp³-hybridized carbons (Fsp3) is 0.600. The summed E-state index contributed by atoms with van der Waals surface area (Å²) in [5, 5.41) is 14.5. The van der Waals surface area contributed by atoms with Crippen molar-refractivity contribution in [2.24, 2.45) is 0 Å². The van der Waals surface area contributed by atoms with E-state index in [2.05, 4.69) is 12.2 Å². The van der Waals surface area contributed by atoms with Crippen molar-refractivity contribution < 1.29 is 5.11 Å². The topological polar surface area (TPSA) is 32.3 Å². The van der Waals surface area contributed by atoms with Crippen molar-refractivity contribution in [2.75, 3.05) is 6.54 Å². The van der Waals surface area contributed by atoms with E-state index in [0.29, 0.717) is 10.8 Å². The molecule has 1 fully saturated rings. The number of hydrogen-bond donors (Lipinski definition) is 2. The molecular formula is C15H20ClNO. The second-order valence-corrected chi connectivity index (χ2v) is 5.89. The maximum absolute atomic E-state index is 10.4. The minimum atomic E-state index is 0.287. The van der Waals surface area contributed by atoms with Gasteiger partial charge < -0.3 is 10.4 Å². The summed E-state index contributed by atoms with van der Waals surface area (Å²) in [4.78, 5) is 0. The maximum atomic E-state index is 10.4. The van der Waals surface area contributed by atoms with Crippen LogP contribution in [0.4, 0.5) is 0 Å². The van der Waals surface area contributed by atoms with E-state index in [1.807, 2.05) is 0 Å². The molecule has 1 saturated heterocycles. The lowest BCUT2D eigenvalue weighted by Crippen LogP contribution is -2.17. The summed E-state index contributed by atoms with van der Waals surface area (Å²) in [5.74, 6) is 0.328. The van der Waals surface area contributed by atoms with Gasteiger partial charge in [-0.3, -0.25) is 0 Å². The quantitative estimate of drug-likeness (QED) is 0.812. The third-order valence-electron chi connectivity index (χ3n) is 4.46. The van der Waals surface area contributed by atoms with Crippen molar-refractivity contribution in [2.45, 2.75) is 51.5 Å². The minimum Gasteiger partial charge on any atom is -0.506 e. The molecule has 3 heteroatoms. The first kappa shape index (κ1) is 12.3. The highest BCUT2D eigenvalue weighted by Gasteiger charge is 2.28. The van der Waals surface area contributed by atoms with Crippen molar-refractivity contribution in [1.82, 2.24) is 5.32 Å². The maximum Gasteiger partial charge on any atom is 0.139 e. The zero-order valence-corrected chi connectivity index (χ0v) is 11.6. The Balaban J connectivity index is 2.16. The predicted molar refractivity (Wildman–Crippen MR) is 74.5 cm³/mol. The first-order valence-corrected chi connectivity index (χ1v) is 7.34. The van der Waals surface area contributed by atoms with Crippen LogP contribution in [0.25, 0.3) is 0 Å². The number of nitrogens with one attached hydrogen (secondary N) is 1. The van der Waals surface area contributed by atoms with Crippen LogP contribution in [0, 0.1) is 6.92 Å². The number of phenols is 1. The Hall–Kier alpha value is -0.730. The molecule has 0 amide bonds. The van der Waals surface area contributed by atoms with Crippen molar-refractivity contribution in [3.8, 4) is 5.75 Å². The number of benzene rings is 1. The third-order valence-corrected chi connectivity index (χ3v) is 4.87. The van der Waals surface area contributed by atoms with Crippen LogP contribution in [0.2, 0.25) is 5.02 Å². The molecule has 0 bridgehead atoms. The van der Waals surface area contributed by atoms with Crippen LogP contribution in [-0.2, 0) is 12.8 Å². The van der Waals surface area contributed by atoms with Gasteiger partial charge in [0.25, 0.3) is 0 Å². The summed E-state index contributed by atoms with van der Waals surface area (Å²) < 4.78 is 0. The molecule has 2 aliphatic rings. The summed E-state index contributed by atoms with van der Waals surface area (Å²) in [7, 11) is 0. The summed E-state index contributed by atoms with van der Waals surface area (Å²) in [6.45, 7) is 3.19. The van der Waals surface area contributed by atoms with E-state index in [1.165, 1.54) is 36.0 Å². The van der Waals surface area contributed by atoms with E-state index < -0.39 is 0 Å². The lowest BCUT2D eigenvalue weighted by Gasteiger charge is -2.26. The fourth-order valence-corrected chi connectivity index (χ4v) is 3.83. The highest BCUT2D eigenvalue weighted by atomic mass is 35.5. The van der Waals surface area contributed by atoms with Crippen LogP contribution >= 0.6 is 11.6 Å². The molecule has 1 aliphatic carbocycles. The van der Waals surface area contributed by atoms with E-state index in [0.717, 1.165) is 31.4 Å². The van der Waals surface area contributed by atoms with Gasteiger partial charge in [0.1, 0.15) is 5.75 Å². The summed E-state index contributed by atoms with van der Waals surface area (Å²) in [5.41, 5.74) is 4.91. The second kappa shape index (κ2) is 4.75. The Morgan fingerprint density at radius 3 is 2.56 bits per heavy atom. The predicted octanol–water partition coefficient (Wildman–Crippen LogP) is 3.66. The van der Waals surface area contributed by atoms with Gasteiger partial charge in [0.05, 0.1) is 5.02 Å². The molecular weight excluding hydrogens is 246 g/mol. The molecule has 1 aliphatic heterocycles. The van der Waals surface area contributed by atoms with E-state index in [-0.39, 0.29) is 6.04 Å². The van der Waals surface area contributed by atoms with Crippen LogP contribution < -0.4 is 5.32 Å². The molecule has 2 N–H and O–H groups in total. The van der Waals surface area contributed by atoms with Crippen molar-refractivity contribution >= 4 is 11.6 Å². The fourth-order valence-electron chi connectivity index (χ4n) is 3.52. The van der Waals surface area contributed by atoms with Crippen LogP contribution in [0.1, 0.15) is 54.0 Å². The highest BCUT2D eigenvalue weighted by Crippen LogP contribution is 2.44. The zero-order chi connectivity index (χ0) is 12.7. The Morgan fingerprint density at radius 2 is 1.89 bits per heavy atom. The number of halogens is 1. The van der Waals surface area contributed by atoms with Gasteiger partial charge in [-0.05, 0) is 68.7 Å². The van der Waals surface area contributed by atoms with Crippen molar-refractivity contribution in [3.63, 3.8) is 0 Å². The van der Waals surface area contributed by atoms with E-state index >= 15 is 0 Å². The number of fused-ring (bicyclic) bond motifs is 1. The third kappa shape index (κ3) is 1.83. The Labute approximate surface area is 113 Å². The molecule has 0 aromatic heterocycles. The van der Waals surface area contributed by atoms with E-state index in [4.69, 9.17) is 11.6 Å². The molecule has 1 unspecified atom stereocenters.